The summed E-state index contributed by atoms with van der Waals surface area (Å²) >= 11 is 0. The molecular formula is C28H23FN4O4. The van der Waals surface area contributed by atoms with Gasteiger partial charge in [0.2, 0.25) is 6.79 Å². The van der Waals surface area contributed by atoms with Gasteiger partial charge in [0.25, 0.3) is 11.8 Å². The summed E-state index contributed by atoms with van der Waals surface area (Å²) in [7, 11) is 0. The molecule has 8 nitrogen and oxygen atoms in total. The molecule has 1 aliphatic heterocycles. The van der Waals surface area contributed by atoms with Gasteiger partial charge in [-0.15, -0.1) is 0 Å². The van der Waals surface area contributed by atoms with Crippen molar-refractivity contribution in [3.63, 3.8) is 0 Å². The SMILES string of the molecule is Cc1ccccc1C(C(=O)Nc1ccc(F)cc1)N(Cc1ccc2c(c1)OCO2)C(=O)c1cnccn1. The molecule has 0 aliphatic carbocycles. The highest BCUT2D eigenvalue weighted by molar-refractivity contribution is 6.01. The third kappa shape index (κ3) is 5.25. The smallest absolute Gasteiger partial charge is 0.275 e. The van der Waals surface area contributed by atoms with Gasteiger partial charge >= 0.3 is 0 Å². The molecule has 1 aliphatic rings. The number of nitrogens with one attached hydrogen (secondary N) is 1. The van der Waals surface area contributed by atoms with Crippen LogP contribution in [-0.2, 0) is 11.3 Å². The van der Waals surface area contributed by atoms with Crippen LogP contribution in [0.15, 0.2) is 85.3 Å². The Kier molecular flexibility index (Phi) is 6.76. The van der Waals surface area contributed by atoms with Gasteiger partial charge in [-0.25, -0.2) is 9.37 Å². The summed E-state index contributed by atoms with van der Waals surface area (Å²) in [5, 5.41) is 2.83. The number of benzene rings is 3. The van der Waals surface area contributed by atoms with E-state index in [0.717, 1.165) is 11.1 Å². The average molecular weight is 499 g/mol. The van der Waals surface area contributed by atoms with Crippen LogP contribution in [0.3, 0.4) is 0 Å². The lowest BCUT2D eigenvalue weighted by molar-refractivity contribution is -0.121. The van der Waals surface area contributed by atoms with Crippen LogP contribution in [0.4, 0.5) is 10.1 Å². The molecular weight excluding hydrogens is 475 g/mol. The molecule has 186 valence electrons. The number of ether oxygens (including phenoxy) is 2. The Balaban J connectivity index is 1.58. The molecule has 3 aromatic carbocycles. The zero-order valence-corrected chi connectivity index (χ0v) is 19.9. The summed E-state index contributed by atoms with van der Waals surface area (Å²) in [6.45, 7) is 2.06. The maximum atomic E-state index is 13.8. The van der Waals surface area contributed by atoms with Crippen molar-refractivity contribution < 1.29 is 23.5 Å². The number of hydrogen-bond acceptors (Lipinski definition) is 6. The summed E-state index contributed by atoms with van der Waals surface area (Å²) < 4.78 is 24.4. The van der Waals surface area contributed by atoms with Crippen molar-refractivity contribution in [2.45, 2.75) is 19.5 Å². The van der Waals surface area contributed by atoms with Crippen LogP contribution in [0.25, 0.3) is 0 Å². The standard InChI is InChI=1S/C28H23FN4O4/c1-18-4-2-3-5-22(18)26(27(34)32-21-9-7-20(29)8-10-21)33(28(35)23-15-30-12-13-31-23)16-19-6-11-24-25(14-19)37-17-36-24/h2-15,26H,16-17H2,1H3,(H,32,34). The normalized spacial score (nSPS) is 12.6. The Hall–Kier alpha value is -4.79. The van der Waals surface area contributed by atoms with Gasteiger partial charge in [0.1, 0.15) is 17.6 Å². The minimum Gasteiger partial charge on any atom is -0.454 e. The van der Waals surface area contributed by atoms with E-state index in [1.165, 1.54) is 47.8 Å². The molecule has 4 aromatic rings. The number of fused-ring (bicyclic) bond motifs is 1. The Morgan fingerprint density at radius 3 is 2.57 bits per heavy atom. The van der Waals surface area contributed by atoms with Crippen LogP contribution in [0.2, 0.25) is 0 Å². The minimum absolute atomic E-state index is 0.0713. The molecule has 0 radical (unpaired) electrons. The van der Waals surface area contributed by atoms with Crippen molar-refractivity contribution in [3.8, 4) is 11.5 Å². The highest BCUT2D eigenvalue weighted by Crippen LogP contribution is 2.34. The molecule has 1 aromatic heterocycles. The van der Waals surface area contributed by atoms with E-state index < -0.39 is 23.7 Å². The van der Waals surface area contributed by atoms with Crippen molar-refractivity contribution in [2.75, 3.05) is 12.1 Å². The van der Waals surface area contributed by atoms with Gasteiger partial charge in [-0.05, 0) is 60.0 Å². The van der Waals surface area contributed by atoms with Crippen molar-refractivity contribution in [1.29, 1.82) is 0 Å². The third-order valence-electron chi connectivity index (χ3n) is 5.99. The van der Waals surface area contributed by atoms with Crippen molar-refractivity contribution in [2.24, 2.45) is 0 Å². The van der Waals surface area contributed by atoms with Gasteiger partial charge < -0.3 is 19.7 Å². The van der Waals surface area contributed by atoms with Crippen molar-refractivity contribution in [3.05, 3.63) is 114 Å². The van der Waals surface area contributed by atoms with E-state index in [0.29, 0.717) is 22.7 Å². The quantitative estimate of drug-likeness (QED) is 0.398. The summed E-state index contributed by atoms with van der Waals surface area (Å²) in [5.41, 5.74) is 2.69. The number of amides is 2. The molecule has 2 heterocycles. The zero-order chi connectivity index (χ0) is 25.8. The predicted molar refractivity (Wildman–Crippen MR) is 133 cm³/mol. The Labute approximate surface area is 212 Å². The van der Waals surface area contributed by atoms with E-state index in [9.17, 15) is 14.0 Å². The number of anilines is 1. The van der Waals surface area contributed by atoms with Gasteiger partial charge in [0, 0.05) is 24.6 Å². The van der Waals surface area contributed by atoms with E-state index in [1.807, 2.05) is 31.2 Å². The van der Waals surface area contributed by atoms with Crippen molar-refractivity contribution >= 4 is 17.5 Å². The number of aryl methyl sites for hydroxylation is 1. The van der Waals surface area contributed by atoms with Gasteiger partial charge in [0.05, 0.1) is 6.20 Å². The fourth-order valence-corrected chi connectivity index (χ4v) is 4.16. The van der Waals surface area contributed by atoms with E-state index in [-0.39, 0.29) is 19.0 Å². The van der Waals surface area contributed by atoms with Gasteiger partial charge in [-0.2, -0.15) is 0 Å². The largest absolute Gasteiger partial charge is 0.454 e. The number of hydrogen-bond donors (Lipinski definition) is 1. The highest BCUT2D eigenvalue weighted by Gasteiger charge is 2.34. The van der Waals surface area contributed by atoms with Gasteiger partial charge in [0.15, 0.2) is 11.5 Å². The minimum atomic E-state index is -1.04. The lowest BCUT2D eigenvalue weighted by atomic mass is 9.97. The van der Waals surface area contributed by atoms with Crippen molar-refractivity contribution in [1.82, 2.24) is 14.9 Å². The lowest BCUT2D eigenvalue weighted by Crippen LogP contribution is -2.41. The number of nitrogens with zero attached hydrogens (tertiary/aromatic N) is 3. The second-order valence-corrected chi connectivity index (χ2v) is 8.47. The summed E-state index contributed by atoms with van der Waals surface area (Å²) in [4.78, 5) is 37.3. The zero-order valence-electron chi connectivity index (χ0n) is 19.9. The second kappa shape index (κ2) is 10.4. The number of aromatic nitrogens is 2. The molecule has 0 fully saturated rings. The molecule has 1 N–H and O–H groups in total. The maximum Gasteiger partial charge on any atom is 0.275 e. The summed E-state index contributed by atoms with van der Waals surface area (Å²) in [6.07, 6.45) is 4.26. The first-order valence-corrected chi connectivity index (χ1v) is 11.6. The van der Waals surface area contributed by atoms with Crippen LogP contribution in [0, 0.1) is 12.7 Å². The molecule has 5 rings (SSSR count). The summed E-state index contributed by atoms with van der Waals surface area (Å²) in [5.74, 6) is -0.185. The maximum absolute atomic E-state index is 13.8. The molecule has 1 atom stereocenters. The summed E-state index contributed by atoms with van der Waals surface area (Å²) in [6, 6.07) is 17.1. The van der Waals surface area contributed by atoms with Crippen LogP contribution >= 0.6 is 0 Å². The van der Waals surface area contributed by atoms with Gasteiger partial charge in [-0.1, -0.05) is 30.3 Å². The predicted octanol–water partition coefficient (Wildman–Crippen LogP) is 4.68. The Bertz CT molecular complexity index is 1430. The molecule has 9 heteroatoms. The first-order chi connectivity index (χ1) is 18.0. The van der Waals surface area contributed by atoms with Crippen LogP contribution < -0.4 is 14.8 Å². The molecule has 0 saturated heterocycles. The fraction of sp³-hybridized carbons (Fsp3) is 0.143. The number of halogens is 1. The average Bonchev–Trinajstić information content (AvgIpc) is 3.39. The molecule has 0 bridgehead atoms. The van der Waals surface area contributed by atoms with E-state index in [4.69, 9.17) is 9.47 Å². The van der Waals surface area contributed by atoms with E-state index in [2.05, 4.69) is 15.3 Å². The first-order valence-electron chi connectivity index (χ1n) is 11.6. The third-order valence-corrected chi connectivity index (χ3v) is 5.99. The van der Waals surface area contributed by atoms with Crippen LogP contribution in [0.5, 0.6) is 11.5 Å². The van der Waals surface area contributed by atoms with Crippen LogP contribution in [-0.4, -0.2) is 33.5 Å². The number of carbonyl (C=O) groups excluding carboxylic acids is 2. The molecule has 1 unspecified atom stereocenters. The monoisotopic (exact) mass is 498 g/mol. The van der Waals surface area contributed by atoms with E-state index in [1.54, 1.807) is 18.2 Å². The second-order valence-electron chi connectivity index (χ2n) is 8.47. The molecule has 2 amide bonds. The van der Waals surface area contributed by atoms with Gasteiger partial charge in [-0.3, -0.25) is 14.6 Å². The lowest BCUT2D eigenvalue weighted by Gasteiger charge is -2.32. The van der Waals surface area contributed by atoms with Crippen LogP contribution in [0.1, 0.15) is 33.2 Å². The first kappa shape index (κ1) is 23.9. The fourth-order valence-electron chi connectivity index (χ4n) is 4.16. The number of carbonyl (C=O) groups is 2. The Morgan fingerprint density at radius 1 is 1.03 bits per heavy atom. The van der Waals surface area contributed by atoms with E-state index >= 15 is 0 Å². The number of rotatable bonds is 7. The Morgan fingerprint density at radius 2 is 1.81 bits per heavy atom. The molecule has 0 saturated carbocycles. The highest BCUT2D eigenvalue weighted by atomic mass is 19.1. The molecule has 0 spiro atoms. The topological polar surface area (TPSA) is 93.7 Å². The molecule has 37 heavy (non-hydrogen) atoms.